The van der Waals surface area contributed by atoms with Crippen LogP contribution >= 0.6 is 0 Å². The Morgan fingerprint density at radius 3 is 1.83 bits per heavy atom. The maximum absolute atomic E-state index is 11.8. The van der Waals surface area contributed by atoms with Crippen LogP contribution in [0.4, 0.5) is 0 Å². The van der Waals surface area contributed by atoms with E-state index >= 15 is 0 Å². The molecule has 2 bridgehead atoms. The Bertz CT molecular complexity index is 458. The lowest BCUT2D eigenvalue weighted by atomic mass is 9.54. The maximum Gasteiger partial charge on any atom is 0.318 e. The van der Waals surface area contributed by atoms with Crippen molar-refractivity contribution in [3.05, 3.63) is 24.5 Å². The first-order valence-electron chi connectivity index (χ1n) is 5.94. The monoisotopic (exact) mass is 246 g/mol. The molecular weight excluding hydrogens is 236 g/mol. The van der Waals surface area contributed by atoms with Gasteiger partial charge in [-0.25, -0.2) is 0 Å². The van der Waals surface area contributed by atoms with Gasteiger partial charge < -0.3 is 9.47 Å². The van der Waals surface area contributed by atoms with Crippen molar-refractivity contribution in [3.63, 3.8) is 0 Å². The normalized spacial score (nSPS) is 48.0. The third-order valence-electron chi connectivity index (χ3n) is 4.61. The van der Waals surface area contributed by atoms with E-state index in [1.807, 2.05) is 12.2 Å². The Kier molecular flexibility index (Phi) is 1.62. The molecule has 3 fully saturated rings. The summed E-state index contributed by atoms with van der Waals surface area (Å²) in [5.74, 6) is -2.97. The molecular formula is C13H10O5. The van der Waals surface area contributed by atoms with E-state index < -0.39 is 23.8 Å². The number of allylic oxidation sites excluding steroid dienone is 3. The summed E-state index contributed by atoms with van der Waals surface area (Å²) in [4.78, 5) is 35.3. The first-order chi connectivity index (χ1) is 8.59. The highest BCUT2D eigenvalue weighted by atomic mass is 16.6. The second-order valence-corrected chi connectivity index (χ2v) is 5.27. The van der Waals surface area contributed by atoms with Crippen LogP contribution in [0.25, 0.3) is 0 Å². The fourth-order valence-electron chi connectivity index (χ4n) is 3.97. The molecule has 0 radical (unpaired) electrons. The lowest BCUT2D eigenvalue weighted by molar-refractivity contribution is -0.154. The number of ether oxygens (including phenoxy) is 2. The van der Waals surface area contributed by atoms with E-state index in [9.17, 15) is 14.4 Å². The quantitative estimate of drug-likeness (QED) is 0.352. The molecule has 0 aromatic heterocycles. The molecule has 6 atom stereocenters. The average molecular weight is 246 g/mol. The molecule has 0 amide bonds. The van der Waals surface area contributed by atoms with Crippen molar-refractivity contribution in [2.75, 3.05) is 0 Å². The molecule has 2 aliphatic heterocycles. The Morgan fingerprint density at radius 1 is 0.778 bits per heavy atom. The number of carbonyl (C=O) groups is 3. The smallest absolute Gasteiger partial charge is 0.318 e. The molecule has 0 spiro atoms. The summed E-state index contributed by atoms with van der Waals surface area (Å²) in [6.07, 6.45) is 3.76. The Balaban J connectivity index is 1.88. The maximum atomic E-state index is 11.8. The molecule has 92 valence electrons. The molecule has 1 saturated carbocycles. The van der Waals surface area contributed by atoms with Crippen LogP contribution in [0.15, 0.2) is 24.5 Å². The predicted molar refractivity (Wildman–Crippen MR) is 56.4 cm³/mol. The standard InChI is InChI=1S/C13H10O5/c1-4-7-5-2-3-6(8(7)11(14)17-4)10-9(5)12(15)18-13(10)16/h2-3,5-10H,1H2. The summed E-state index contributed by atoms with van der Waals surface area (Å²) < 4.78 is 9.81. The van der Waals surface area contributed by atoms with Crippen LogP contribution in [0.5, 0.6) is 0 Å². The zero-order valence-corrected chi connectivity index (χ0v) is 9.37. The van der Waals surface area contributed by atoms with E-state index in [-0.39, 0.29) is 29.6 Å². The molecule has 6 unspecified atom stereocenters. The van der Waals surface area contributed by atoms with Gasteiger partial charge in [0.05, 0.1) is 17.8 Å². The van der Waals surface area contributed by atoms with Gasteiger partial charge in [-0.15, -0.1) is 0 Å². The van der Waals surface area contributed by atoms with Crippen LogP contribution in [0, 0.1) is 35.5 Å². The average Bonchev–Trinajstić information content (AvgIpc) is 2.81. The number of carbonyl (C=O) groups excluding carboxylic acids is 3. The van der Waals surface area contributed by atoms with Crippen LogP contribution in [0.2, 0.25) is 0 Å². The van der Waals surface area contributed by atoms with E-state index in [1.54, 1.807) is 0 Å². The highest BCUT2D eigenvalue weighted by molar-refractivity contribution is 5.98. The van der Waals surface area contributed by atoms with E-state index in [1.165, 1.54) is 0 Å². The molecule has 0 aromatic carbocycles. The largest absolute Gasteiger partial charge is 0.431 e. The predicted octanol–water partition coefficient (Wildman–Crippen LogP) is 0.421. The van der Waals surface area contributed by atoms with Crippen molar-refractivity contribution in [2.45, 2.75) is 0 Å². The second kappa shape index (κ2) is 2.91. The van der Waals surface area contributed by atoms with Crippen molar-refractivity contribution in [3.8, 4) is 0 Å². The van der Waals surface area contributed by atoms with Gasteiger partial charge in [-0.2, -0.15) is 0 Å². The lowest BCUT2D eigenvalue weighted by Crippen LogP contribution is -2.49. The van der Waals surface area contributed by atoms with Crippen LogP contribution in [-0.4, -0.2) is 17.9 Å². The molecule has 3 aliphatic carbocycles. The zero-order valence-electron chi connectivity index (χ0n) is 9.37. The Labute approximate surface area is 102 Å². The summed E-state index contributed by atoms with van der Waals surface area (Å²) in [5.41, 5.74) is 0. The minimum Gasteiger partial charge on any atom is -0.431 e. The zero-order chi connectivity index (χ0) is 12.6. The summed E-state index contributed by atoms with van der Waals surface area (Å²) in [5, 5.41) is 0. The molecule has 18 heavy (non-hydrogen) atoms. The summed E-state index contributed by atoms with van der Waals surface area (Å²) in [7, 11) is 0. The van der Waals surface area contributed by atoms with Gasteiger partial charge in [0.15, 0.2) is 0 Å². The first kappa shape index (κ1) is 10.1. The van der Waals surface area contributed by atoms with E-state index in [0.717, 1.165) is 0 Å². The number of hydrogen-bond donors (Lipinski definition) is 0. The van der Waals surface area contributed by atoms with Crippen molar-refractivity contribution in [1.29, 1.82) is 0 Å². The first-order valence-corrected chi connectivity index (χ1v) is 5.94. The van der Waals surface area contributed by atoms with E-state index in [4.69, 9.17) is 9.47 Å². The van der Waals surface area contributed by atoms with Gasteiger partial charge in [0.1, 0.15) is 5.76 Å². The molecule has 5 heteroatoms. The fraction of sp³-hybridized carbons (Fsp3) is 0.462. The number of esters is 3. The molecule has 0 aromatic rings. The van der Waals surface area contributed by atoms with E-state index in [0.29, 0.717) is 5.76 Å². The van der Waals surface area contributed by atoms with Crippen molar-refractivity contribution >= 4 is 17.9 Å². The van der Waals surface area contributed by atoms with Gasteiger partial charge in [-0.05, 0) is 0 Å². The van der Waals surface area contributed by atoms with Gasteiger partial charge in [-0.3, -0.25) is 14.4 Å². The van der Waals surface area contributed by atoms with Crippen LogP contribution in [0.3, 0.4) is 0 Å². The Morgan fingerprint density at radius 2 is 1.22 bits per heavy atom. The molecule has 5 rings (SSSR count). The van der Waals surface area contributed by atoms with Crippen LogP contribution in [0.1, 0.15) is 0 Å². The Hall–Kier alpha value is -1.91. The minimum atomic E-state index is -0.521. The molecule has 5 aliphatic rings. The van der Waals surface area contributed by atoms with Crippen molar-refractivity contribution in [1.82, 2.24) is 0 Å². The highest BCUT2D eigenvalue weighted by Gasteiger charge is 2.66. The van der Waals surface area contributed by atoms with Gasteiger partial charge in [0, 0.05) is 17.8 Å². The topological polar surface area (TPSA) is 69.7 Å². The highest BCUT2D eigenvalue weighted by Crippen LogP contribution is 2.58. The summed E-state index contributed by atoms with van der Waals surface area (Å²) >= 11 is 0. The lowest BCUT2D eigenvalue weighted by Gasteiger charge is -2.43. The van der Waals surface area contributed by atoms with Crippen LogP contribution < -0.4 is 0 Å². The summed E-state index contributed by atoms with van der Waals surface area (Å²) in [6, 6.07) is 0. The molecule has 2 saturated heterocycles. The third-order valence-corrected chi connectivity index (χ3v) is 4.61. The van der Waals surface area contributed by atoms with Gasteiger partial charge >= 0.3 is 17.9 Å². The van der Waals surface area contributed by atoms with Crippen LogP contribution in [-0.2, 0) is 23.9 Å². The number of hydrogen-bond acceptors (Lipinski definition) is 5. The SMILES string of the molecule is C=C1OC(=O)C2C3C=CC(C12)C1C(=O)OC(=O)C31. The van der Waals surface area contributed by atoms with Gasteiger partial charge in [0.2, 0.25) is 0 Å². The van der Waals surface area contributed by atoms with E-state index in [2.05, 4.69) is 6.58 Å². The van der Waals surface area contributed by atoms with Crippen molar-refractivity contribution < 1.29 is 23.9 Å². The fourth-order valence-corrected chi connectivity index (χ4v) is 3.97. The minimum absolute atomic E-state index is 0.188. The molecule has 5 nitrogen and oxygen atoms in total. The molecule has 2 heterocycles. The number of cyclic esters (lactones) is 3. The van der Waals surface area contributed by atoms with Gasteiger partial charge in [0.25, 0.3) is 0 Å². The summed E-state index contributed by atoms with van der Waals surface area (Å²) in [6.45, 7) is 3.75. The third kappa shape index (κ3) is 0.925. The van der Waals surface area contributed by atoms with Crippen molar-refractivity contribution in [2.24, 2.45) is 35.5 Å². The molecule has 0 N–H and O–H groups in total. The van der Waals surface area contributed by atoms with Gasteiger partial charge in [-0.1, -0.05) is 18.7 Å². The second-order valence-electron chi connectivity index (χ2n) is 5.27. The number of rotatable bonds is 0.